The third-order valence-corrected chi connectivity index (χ3v) is 6.81. The van der Waals surface area contributed by atoms with E-state index in [9.17, 15) is 22.0 Å². The first-order valence-electron chi connectivity index (χ1n) is 9.70. The number of rotatable bonds is 7. The van der Waals surface area contributed by atoms with Crippen LogP contribution in [0.2, 0.25) is 0 Å². The number of hydrogen-bond donors (Lipinski definition) is 0. The molecule has 1 heterocycles. The second-order valence-electron chi connectivity index (χ2n) is 7.13. The van der Waals surface area contributed by atoms with Crippen LogP contribution in [0.5, 0.6) is 5.75 Å². The van der Waals surface area contributed by atoms with Crippen molar-refractivity contribution in [3.8, 4) is 5.75 Å². The van der Waals surface area contributed by atoms with Crippen LogP contribution in [0.4, 0.5) is 8.78 Å². The highest BCUT2D eigenvalue weighted by atomic mass is 32.2. The predicted octanol–water partition coefficient (Wildman–Crippen LogP) is 2.97. The predicted molar refractivity (Wildman–Crippen MR) is 108 cm³/mol. The Kier molecular flexibility index (Phi) is 7.04. The van der Waals surface area contributed by atoms with E-state index < -0.39 is 21.7 Å². The number of aryl methyl sites for hydroxylation is 1. The van der Waals surface area contributed by atoms with Gasteiger partial charge in [-0.25, -0.2) is 17.2 Å². The van der Waals surface area contributed by atoms with E-state index in [1.807, 2.05) is 31.2 Å². The van der Waals surface area contributed by atoms with Crippen molar-refractivity contribution in [3.63, 3.8) is 0 Å². The fraction of sp³-hybridized carbons (Fsp3) is 0.381. The second kappa shape index (κ2) is 9.53. The summed E-state index contributed by atoms with van der Waals surface area (Å²) in [5.74, 6) is -1.61. The standard InChI is InChI=1S/C21H24F2N2O4S/c1-16-4-2-5-17(14-16)29-13-3-6-21(26)24-9-11-25(12-10-24)30(27,28)18-7-8-19(22)20(23)15-18/h2,4-5,7-8,14-15H,3,6,9-13H2,1H3. The smallest absolute Gasteiger partial charge is 0.243 e. The molecule has 3 rings (SSSR count). The Hall–Kier alpha value is -2.52. The Balaban J connectivity index is 1.46. The number of halogens is 2. The van der Waals surface area contributed by atoms with E-state index >= 15 is 0 Å². The number of sulfonamides is 1. The van der Waals surface area contributed by atoms with Crippen molar-refractivity contribution in [1.29, 1.82) is 0 Å². The minimum Gasteiger partial charge on any atom is -0.494 e. The number of piperazine rings is 1. The molecular formula is C21H24F2N2O4S. The van der Waals surface area contributed by atoms with Crippen molar-refractivity contribution in [2.75, 3.05) is 32.8 Å². The summed E-state index contributed by atoms with van der Waals surface area (Å²) in [7, 11) is -3.94. The molecule has 9 heteroatoms. The highest BCUT2D eigenvalue weighted by molar-refractivity contribution is 7.89. The van der Waals surface area contributed by atoms with Crippen molar-refractivity contribution in [2.45, 2.75) is 24.7 Å². The Morgan fingerprint density at radius 2 is 1.77 bits per heavy atom. The monoisotopic (exact) mass is 438 g/mol. The maximum Gasteiger partial charge on any atom is 0.243 e. The maximum absolute atomic E-state index is 13.4. The van der Waals surface area contributed by atoms with Gasteiger partial charge in [-0.05, 0) is 49.2 Å². The lowest BCUT2D eigenvalue weighted by Gasteiger charge is -2.34. The molecular weight excluding hydrogens is 414 g/mol. The van der Waals surface area contributed by atoms with Crippen molar-refractivity contribution >= 4 is 15.9 Å². The van der Waals surface area contributed by atoms with Crippen LogP contribution in [0.1, 0.15) is 18.4 Å². The maximum atomic E-state index is 13.4. The van der Waals surface area contributed by atoms with Gasteiger partial charge in [-0.15, -0.1) is 0 Å². The van der Waals surface area contributed by atoms with E-state index in [1.54, 1.807) is 4.90 Å². The number of nitrogens with zero attached hydrogens (tertiary/aromatic N) is 2. The highest BCUT2D eigenvalue weighted by Gasteiger charge is 2.30. The zero-order chi connectivity index (χ0) is 21.7. The normalized spacial score (nSPS) is 15.2. The lowest BCUT2D eigenvalue weighted by molar-refractivity contribution is -0.132. The molecule has 0 aliphatic carbocycles. The summed E-state index contributed by atoms with van der Waals surface area (Å²) in [6.07, 6.45) is 0.863. The molecule has 0 radical (unpaired) electrons. The minimum absolute atomic E-state index is 0.0623. The number of hydrogen-bond acceptors (Lipinski definition) is 4. The zero-order valence-electron chi connectivity index (χ0n) is 16.7. The van der Waals surface area contributed by atoms with E-state index in [-0.39, 0.29) is 37.0 Å². The lowest BCUT2D eigenvalue weighted by Crippen LogP contribution is -2.50. The van der Waals surface area contributed by atoms with Crippen LogP contribution in [0, 0.1) is 18.6 Å². The molecule has 0 bridgehead atoms. The molecule has 0 N–H and O–H groups in total. The molecule has 162 valence electrons. The SMILES string of the molecule is Cc1cccc(OCCCC(=O)N2CCN(S(=O)(=O)c3ccc(F)c(F)c3)CC2)c1. The van der Waals surface area contributed by atoms with Gasteiger partial charge in [-0.1, -0.05) is 12.1 Å². The van der Waals surface area contributed by atoms with Gasteiger partial charge in [0, 0.05) is 32.6 Å². The van der Waals surface area contributed by atoms with Gasteiger partial charge in [0.1, 0.15) is 5.75 Å². The molecule has 1 amide bonds. The first-order chi connectivity index (χ1) is 14.3. The van der Waals surface area contributed by atoms with Gasteiger partial charge < -0.3 is 9.64 Å². The molecule has 6 nitrogen and oxygen atoms in total. The fourth-order valence-electron chi connectivity index (χ4n) is 3.24. The number of carbonyl (C=O) groups excluding carboxylic acids is 1. The first kappa shape index (κ1) is 22.2. The first-order valence-corrected chi connectivity index (χ1v) is 11.1. The Bertz CT molecular complexity index is 1010. The summed E-state index contributed by atoms with van der Waals surface area (Å²) in [6.45, 7) is 3.10. The summed E-state index contributed by atoms with van der Waals surface area (Å²) in [6, 6.07) is 10.2. The Morgan fingerprint density at radius 1 is 1.03 bits per heavy atom. The molecule has 2 aromatic rings. The lowest BCUT2D eigenvalue weighted by atomic mass is 10.2. The van der Waals surface area contributed by atoms with Crippen LogP contribution in [0.25, 0.3) is 0 Å². The van der Waals surface area contributed by atoms with Crippen LogP contribution in [-0.2, 0) is 14.8 Å². The Morgan fingerprint density at radius 3 is 2.43 bits per heavy atom. The average Bonchev–Trinajstić information content (AvgIpc) is 2.73. The number of amides is 1. The van der Waals surface area contributed by atoms with Crippen LogP contribution in [-0.4, -0.2) is 56.3 Å². The molecule has 0 spiro atoms. The average molecular weight is 438 g/mol. The number of ether oxygens (including phenoxy) is 1. The molecule has 30 heavy (non-hydrogen) atoms. The third-order valence-electron chi connectivity index (χ3n) is 4.91. The van der Waals surface area contributed by atoms with Crippen LogP contribution in [0.15, 0.2) is 47.4 Å². The van der Waals surface area contributed by atoms with Crippen molar-refractivity contribution < 1.29 is 26.7 Å². The number of benzene rings is 2. The fourth-order valence-corrected chi connectivity index (χ4v) is 4.68. The van der Waals surface area contributed by atoms with Crippen molar-refractivity contribution in [2.24, 2.45) is 0 Å². The second-order valence-corrected chi connectivity index (χ2v) is 9.07. The van der Waals surface area contributed by atoms with Crippen LogP contribution in [0.3, 0.4) is 0 Å². The molecule has 1 aliphatic heterocycles. The molecule has 0 unspecified atom stereocenters. The largest absolute Gasteiger partial charge is 0.494 e. The van der Waals surface area contributed by atoms with E-state index in [0.717, 1.165) is 23.4 Å². The number of carbonyl (C=O) groups is 1. The van der Waals surface area contributed by atoms with Gasteiger partial charge >= 0.3 is 0 Å². The van der Waals surface area contributed by atoms with E-state index in [2.05, 4.69) is 0 Å². The topological polar surface area (TPSA) is 66.9 Å². The molecule has 0 saturated carbocycles. The molecule has 1 aliphatic rings. The third kappa shape index (κ3) is 5.34. The van der Waals surface area contributed by atoms with Gasteiger partial charge in [0.2, 0.25) is 15.9 Å². The molecule has 0 atom stereocenters. The van der Waals surface area contributed by atoms with E-state index in [0.29, 0.717) is 25.5 Å². The van der Waals surface area contributed by atoms with Gasteiger partial charge in [0.25, 0.3) is 0 Å². The van der Waals surface area contributed by atoms with Crippen molar-refractivity contribution in [1.82, 2.24) is 9.21 Å². The summed E-state index contributed by atoms with van der Waals surface area (Å²) in [4.78, 5) is 13.7. The molecule has 2 aromatic carbocycles. The molecule has 1 saturated heterocycles. The summed E-state index contributed by atoms with van der Waals surface area (Å²) in [5.41, 5.74) is 1.10. The van der Waals surface area contributed by atoms with Crippen molar-refractivity contribution in [3.05, 3.63) is 59.7 Å². The molecule has 0 aromatic heterocycles. The van der Waals surface area contributed by atoms with Crippen LogP contribution < -0.4 is 4.74 Å². The minimum atomic E-state index is -3.94. The van der Waals surface area contributed by atoms with E-state index in [4.69, 9.17) is 4.74 Å². The highest BCUT2D eigenvalue weighted by Crippen LogP contribution is 2.20. The summed E-state index contributed by atoms with van der Waals surface area (Å²) < 4.78 is 58.5. The van der Waals surface area contributed by atoms with Gasteiger partial charge in [0.15, 0.2) is 11.6 Å². The summed E-state index contributed by atoms with van der Waals surface area (Å²) in [5, 5.41) is 0. The van der Waals surface area contributed by atoms with E-state index in [1.165, 1.54) is 4.31 Å². The zero-order valence-corrected chi connectivity index (χ0v) is 17.5. The van der Waals surface area contributed by atoms with Gasteiger partial charge in [0.05, 0.1) is 11.5 Å². The van der Waals surface area contributed by atoms with Gasteiger partial charge in [-0.3, -0.25) is 4.79 Å². The Labute approximate surface area is 175 Å². The summed E-state index contributed by atoms with van der Waals surface area (Å²) >= 11 is 0. The van der Waals surface area contributed by atoms with Gasteiger partial charge in [-0.2, -0.15) is 4.31 Å². The quantitative estimate of drug-likeness (QED) is 0.624. The van der Waals surface area contributed by atoms with Crippen LogP contribution >= 0.6 is 0 Å². The molecule has 1 fully saturated rings.